The highest BCUT2D eigenvalue weighted by atomic mass is 15.4. The molecule has 2 aliphatic heterocycles. The smallest absolute Gasteiger partial charge is 0.173 e. The van der Waals surface area contributed by atoms with E-state index in [1.165, 1.54) is 32.5 Å². The van der Waals surface area contributed by atoms with Gasteiger partial charge < -0.3 is 15.5 Å². The van der Waals surface area contributed by atoms with Crippen LogP contribution in [0.5, 0.6) is 0 Å². The van der Waals surface area contributed by atoms with Gasteiger partial charge in [0, 0.05) is 38.3 Å². The van der Waals surface area contributed by atoms with Gasteiger partial charge in [0.25, 0.3) is 0 Å². The zero-order chi connectivity index (χ0) is 19.9. The number of pyridine rings is 1. The van der Waals surface area contributed by atoms with E-state index in [2.05, 4.69) is 50.1 Å². The summed E-state index contributed by atoms with van der Waals surface area (Å²) in [5, 5.41) is 11.1. The predicted octanol–water partition coefficient (Wildman–Crippen LogP) is 2.17. The Kier molecular flexibility index (Phi) is 7.33. The van der Waals surface area contributed by atoms with Crippen LogP contribution >= 0.6 is 0 Å². The molecular formula is C20H34N8. The van der Waals surface area contributed by atoms with Crippen LogP contribution in [0, 0.1) is 0 Å². The average Bonchev–Trinajstić information content (AvgIpc) is 2.98. The maximum Gasteiger partial charge on any atom is 0.173 e. The van der Waals surface area contributed by atoms with Crippen LogP contribution in [0.4, 0.5) is 5.82 Å². The van der Waals surface area contributed by atoms with Crippen LogP contribution in [0.2, 0.25) is 0 Å². The molecule has 3 rings (SSSR count). The second kappa shape index (κ2) is 9.93. The van der Waals surface area contributed by atoms with Crippen molar-refractivity contribution in [2.45, 2.75) is 45.2 Å². The van der Waals surface area contributed by atoms with E-state index in [4.69, 9.17) is 10.7 Å². The molecule has 3 heterocycles. The molecule has 154 valence electrons. The lowest BCUT2D eigenvalue weighted by molar-refractivity contribution is 0.0965. The first-order valence-electron chi connectivity index (χ1n) is 10.4. The van der Waals surface area contributed by atoms with Crippen molar-refractivity contribution in [2.24, 2.45) is 21.2 Å². The first kappa shape index (κ1) is 20.7. The van der Waals surface area contributed by atoms with Gasteiger partial charge in [0.15, 0.2) is 5.84 Å². The molecule has 0 amide bonds. The summed E-state index contributed by atoms with van der Waals surface area (Å²) < 4.78 is 0. The molecule has 1 aromatic heterocycles. The SMILES string of the molecule is CN=NN=C(N)c1cccc(N2CCCN(C3CCN(C(C)C)CC3)CC2)n1. The van der Waals surface area contributed by atoms with Crippen molar-refractivity contribution in [3.05, 3.63) is 23.9 Å². The summed E-state index contributed by atoms with van der Waals surface area (Å²) >= 11 is 0. The van der Waals surface area contributed by atoms with Crippen molar-refractivity contribution in [3.8, 4) is 0 Å². The number of nitrogens with two attached hydrogens (primary N) is 1. The van der Waals surface area contributed by atoms with Gasteiger partial charge >= 0.3 is 0 Å². The largest absolute Gasteiger partial charge is 0.380 e. The number of anilines is 1. The first-order chi connectivity index (χ1) is 13.6. The van der Waals surface area contributed by atoms with Gasteiger partial charge in [-0.15, -0.1) is 5.10 Å². The van der Waals surface area contributed by atoms with Crippen LogP contribution in [0.15, 0.2) is 33.6 Å². The third-order valence-corrected chi connectivity index (χ3v) is 5.84. The van der Waals surface area contributed by atoms with Crippen LogP contribution in [0.1, 0.15) is 38.8 Å². The molecule has 0 aromatic carbocycles. The third kappa shape index (κ3) is 5.26. The van der Waals surface area contributed by atoms with E-state index in [0.717, 1.165) is 37.9 Å². The molecular weight excluding hydrogens is 352 g/mol. The highest BCUT2D eigenvalue weighted by Crippen LogP contribution is 2.21. The normalized spacial score (nSPS) is 21.6. The molecule has 0 bridgehead atoms. The fourth-order valence-electron chi connectivity index (χ4n) is 4.19. The Morgan fingerprint density at radius 3 is 2.61 bits per heavy atom. The summed E-state index contributed by atoms with van der Waals surface area (Å²) in [5.74, 6) is 1.25. The van der Waals surface area contributed by atoms with Gasteiger partial charge in [0.2, 0.25) is 0 Å². The number of amidine groups is 1. The third-order valence-electron chi connectivity index (χ3n) is 5.84. The van der Waals surface area contributed by atoms with Gasteiger partial charge in [-0.05, 0) is 63.6 Å². The minimum Gasteiger partial charge on any atom is -0.380 e. The fraction of sp³-hybridized carbons (Fsp3) is 0.700. The number of nitrogens with zero attached hydrogens (tertiary/aromatic N) is 7. The Hall–Kier alpha value is -2.06. The quantitative estimate of drug-likeness (QED) is 0.363. The van der Waals surface area contributed by atoms with Crippen molar-refractivity contribution in [3.63, 3.8) is 0 Å². The Labute approximate surface area is 168 Å². The topological polar surface area (TPSA) is 85.7 Å². The molecule has 0 radical (unpaired) electrons. The monoisotopic (exact) mass is 386 g/mol. The standard InChI is InChI=1S/C20H34N8/c1-16(2)26-12-8-17(9-13-26)27-10-5-11-28(15-14-27)19-7-4-6-18(23-19)20(21)24-25-22-3/h4,6-7,16-17H,5,8-15H2,1-3H3,(H2,21,22,24). The Morgan fingerprint density at radius 2 is 1.89 bits per heavy atom. The second-order valence-electron chi connectivity index (χ2n) is 7.89. The van der Waals surface area contributed by atoms with Crippen molar-refractivity contribution < 1.29 is 0 Å². The van der Waals surface area contributed by atoms with Crippen molar-refractivity contribution in [1.29, 1.82) is 0 Å². The highest BCUT2D eigenvalue weighted by molar-refractivity contribution is 5.95. The number of hydrogen-bond donors (Lipinski definition) is 1. The summed E-state index contributed by atoms with van der Waals surface area (Å²) in [7, 11) is 1.57. The van der Waals surface area contributed by atoms with Crippen molar-refractivity contribution in [2.75, 3.05) is 51.2 Å². The van der Waals surface area contributed by atoms with Crippen LogP contribution in [0.3, 0.4) is 0 Å². The van der Waals surface area contributed by atoms with Crippen LogP contribution < -0.4 is 10.6 Å². The van der Waals surface area contributed by atoms with Crippen molar-refractivity contribution >= 4 is 11.7 Å². The van der Waals surface area contributed by atoms with Crippen LogP contribution in [0.25, 0.3) is 0 Å². The Balaban J connectivity index is 1.60. The number of likely N-dealkylation sites (tertiary alicyclic amines) is 1. The van der Waals surface area contributed by atoms with E-state index < -0.39 is 0 Å². The van der Waals surface area contributed by atoms with Gasteiger partial charge in [0.1, 0.15) is 11.5 Å². The zero-order valence-electron chi connectivity index (χ0n) is 17.5. The predicted molar refractivity (Wildman–Crippen MR) is 114 cm³/mol. The molecule has 28 heavy (non-hydrogen) atoms. The van der Waals surface area contributed by atoms with Gasteiger partial charge in [-0.2, -0.15) is 5.11 Å². The molecule has 2 saturated heterocycles. The molecule has 0 unspecified atom stereocenters. The lowest BCUT2D eigenvalue weighted by Crippen LogP contribution is -2.47. The second-order valence-corrected chi connectivity index (χ2v) is 7.89. The summed E-state index contributed by atoms with van der Waals surface area (Å²) in [6.45, 7) is 11.3. The van der Waals surface area contributed by atoms with E-state index in [1.807, 2.05) is 12.1 Å². The number of aromatic nitrogens is 1. The molecule has 2 fully saturated rings. The van der Waals surface area contributed by atoms with Gasteiger partial charge in [0.05, 0.1) is 7.05 Å². The van der Waals surface area contributed by atoms with Gasteiger partial charge in [-0.25, -0.2) is 4.98 Å². The van der Waals surface area contributed by atoms with E-state index in [9.17, 15) is 0 Å². The number of piperidine rings is 1. The molecule has 1 aromatic rings. The molecule has 2 aliphatic rings. The molecule has 8 heteroatoms. The first-order valence-corrected chi connectivity index (χ1v) is 10.4. The van der Waals surface area contributed by atoms with E-state index in [1.54, 1.807) is 7.05 Å². The van der Waals surface area contributed by atoms with Gasteiger partial charge in [-0.1, -0.05) is 6.07 Å². The number of hydrogen-bond acceptors (Lipinski definition) is 6. The maximum absolute atomic E-state index is 5.97. The van der Waals surface area contributed by atoms with E-state index >= 15 is 0 Å². The highest BCUT2D eigenvalue weighted by Gasteiger charge is 2.27. The fourth-order valence-corrected chi connectivity index (χ4v) is 4.19. The van der Waals surface area contributed by atoms with Crippen LogP contribution in [-0.4, -0.2) is 79.0 Å². The molecule has 0 aliphatic carbocycles. The number of rotatable bonds is 5. The molecule has 2 N–H and O–H groups in total. The van der Waals surface area contributed by atoms with Gasteiger partial charge in [-0.3, -0.25) is 4.90 Å². The van der Waals surface area contributed by atoms with Crippen molar-refractivity contribution in [1.82, 2.24) is 14.8 Å². The maximum atomic E-state index is 5.97. The Morgan fingerprint density at radius 1 is 1.11 bits per heavy atom. The Bertz CT molecular complexity index is 679. The minimum absolute atomic E-state index is 0.292. The lowest BCUT2D eigenvalue weighted by atomic mass is 10.0. The minimum atomic E-state index is 0.292. The molecule has 8 nitrogen and oxygen atoms in total. The van der Waals surface area contributed by atoms with Crippen LogP contribution in [-0.2, 0) is 0 Å². The summed E-state index contributed by atoms with van der Waals surface area (Å²) in [6, 6.07) is 7.27. The van der Waals surface area contributed by atoms with E-state index in [-0.39, 0.29) is 0 Å². The lowest BCUT2D eigenvalue weighted by Gasteiger charge is -2.39. The summed E-state index contributed by atoms with van der Waals surface area (Å²) in [5.41, 5.74) is 6.61. The molecule has 0 saturated carbocycles. The zero-order valence-corrected chi connectivity index (χ0v) is 17.5. The molecule has 0 atom stereocenters. The summed E-state index contributed by atoms with van der Waals surface area (Å²) in [6.07, 6.45) is 3.72. The summed E-state index contributed by atoms with van der Waals surface area (Å²) in [4.78, 5) is 12.4. The molecule has 0 spiro atoms. The van der Waals surface area contributed by atoms with E-state index in [0.29, 0.717) is 17.6 Å². The average molecular weight is 387 g/mol.